The van der Waals surface area contributed by atoms with Crippen LogP contribution in [0.1, 0.15) is 30.5 Å². The second kappa shape index (κ2) is 10.6. The van der Waals surface area contributed by atoms with Crippen LogP contribution in [-0.2, 0) is 4.74 Å². The fourth-order valence-electron chi connectivity index (χ4n) is 3.84. The van der Waals surface area contributed by atoms with Crippen molar-refractivity contribution in [3.63, 3.8) is 0 Å². The predicted octanol–water partition coefficient (Wildman–Crippen LogP) is 2.61. The van der Waals surface area contributed by atoms with Gasteiger partial charge < -0.3 is 29.9 Å². The molecule has 0 aliphatic carbocycles. The number of imidazole rings is 1. The van der Waals surface area contributed by atoms with E-state index in [9.17, 15) is 15.3 Å². The lowest BCUT2D eigenvalue weighted by atomic mass is 10.0. The zero-order valence-electron chi connectivity index (χ0n) is 18.6. The molecule has 0 bridgehead atoms. The van der Waals surface area contributed by atoms with E-state index in [2.05, 4.69) is 34.3 Å². The van der Waals surface area contributed by atoms with Crippen molar-refractivity contribution in [2.24, 2.45) is 5.92 Å². The highest BCUT2D eigenvalue weighted by Gasteiger charge is 2.25. The molecule has 7 nitrogen and oxygen atoms in total. The molecular weight excluding hydrogens is 418 g/mol. The average Bonchev–Trinajstić information content (AvgIpc) is 3.48. The van der Waals surface area contributed by atoms with E-state index in [1.807, 2.05) is 36.4 Å². The van der Waals surface area contributed by atoms with Crippen LogP contribution in [0.3, 0.4) is 0 Å². The van der Waals surface area contributed by atoms with E-state index >= 15 is 0 Å². The number of nitrogens with one attached hydrogen (secondary N) is 1. The monoisotopic (exact) mass is 447 g/mol. The van der Waals surface area contributed by atoms with Gasteiger partial charge >= 0.3 is 0 Å². The summed E-state index contributed by atoms with van der Waals surface area (Å²) in [7, 11) is 0. The molecule has 172 valence electrons. The second-order valence-electron chi connectivity index (χ2n) is 8.24. The number of hydrogen-bond donors (Lipinski definition) is 4. The summed E-state index contributed by atoms with van der Waals surface area (Å²) in [4.78, 5) is 4.14. The van der Waals surface area contributed by atoms with Gasteiger partial charge in [-0.3, -0.25) is 0 Å². The second-order valence-corrected chi connectivity index (χ2v) is 8.24. The Balaban J connectivity index is 1.39. The van der Waals surface area contributed by atoms with Crippen molar-refractivity contribution in [2.45, 2.75) is 25.2 Å². The zero-order chi connectivity index (χ0) is 23.2. The number of rotatable bonds is 7. The number of aromatic nitrogens is 2. The van der Waals surface area contributed by atoms with Crippen molar-refractivity contribution >= 4 is 5.69 Å². The lowest BCUT2D eigenvalue weighted by Crippen LogP contribution is -2.25. The van der Waals surface area contributed by atoms with Gasteiger partial charge in [-0.05, 0) is 42.3 Å². The molecule has 7 heteroatoms. The Bertz CT molecular complexity index is 1100. The Morgan fingerprint density at radius 3 is 2.42 bits per heavy atom. The predicted molar refractivity (Wildman–Crippen MR) is 127 cm³/mol. The lowest BCUT2D eigenvalue weighted by Gasteiger charge is -2.14. The third-order valence-electron chi connectivity index (χ3n) is 5.80. The number of aliphatic hydroxyl groups is 3. The van der Waals surface area contributed by atoms with Gasteiger partial charge in [0.1, 0.15) is 18.0 Å². The number of anilines is 1. The van der Waals surface area contributed by atoms with Gasteiger partial charge in [-0.25, -0.2) is 4.98 Å². The topological polar surface area (TPSA) is 99.8 Å². The number of aliphatic hydroxyl groups excluding tert-OH is 3. The van der Waals surface area contributed by atoms with Gasteiger partial charge in [0.15, 0.2) is 0 Å². The van der Waals surface area contributed by atoms with E-state index in [1.54, 1.807) is 23.9 Å². The highest BCUT2D eigenvalue weighted by atomic mass is 16.5. The summed E-state index contributed by atoms with van der Waals surface area (Å²) in [6, 6.07) is 15.6. The first-order valence-electron chi connectivity index (χ1n) is 11.1. The van der Waals surface area contributed by atoms with Crippen LogP contribution in [-0.4, -0.2) is 57.3 Å². The molecule has 4 rings (SSSR count). The molecule has 1 aliphatic heterocycles. The van der Waals surface area contributed by atoms with E-state index < -0.39 is 18.2 Å². The molecule has 0 spiro atoms. The maximum Gasteiger partial charge on any atom is 0.138 e. The third-order valence-corrected chi connectivity index (χ3v) is 5.80. The molecule has 2 aromatic carbocycles. The van der Waals surface area contributed by atoms with Gasteiger partial charge in [-0.1, -0.05) is 36.1 Å². The normalized spacial score (nSPS) is 19.5. The van der Waals surface area contributed by atoms with E-state index in [0.717, 1.165) is 22.4 Å². The first-order chi connectivity index (χ1) is 16.0. The van der Waals surface area contributed by atoms with Gasteiger partial charge in [-0.2, -0.15) is 0 Å². The van der Waals surface area contributed by atoms with Crippen LogP contribution in [0.4, 0.5) is 5.69 Å². The molecule has 4 atom stereocenters. The Labute approximate surface area is 193 Å². The summed E-state index contributed by atoms with van der Waals surface area (Å²) in [6.45, 7) is 3.15. The van der Waals surface area contributed by atoms with Crippen LogP contribution in [0.15, 0.2) is 60.9 Å². The van der Waals surface area contributed by atoms with E-state index in [0.29, 0.717) is 25.6 Å². The third kappa shape index (κ3) is 5.62. The fourth-order valence-corrected chi connectivity index (χ4v) is 3.84. The summed E-state index contributed by atoms with van der Waals surface area (Å²) < 4.78 is 6.98. The molecule has 33 heavy (non-hydrogen) atoms. The van der Waals surface area contributed by atoms with Gasteiger partial charge in [0.2, 0.25) is 0 Å². The van der Waals surface area contributed by atoms with Crippen molar-refractivity contribution in [2.75, 3.05) is 31.7 Å². The van der Waals surface area contributed by atoms with Gasteiger partial charge in [-0.15, -0.1) is 0 Å². The standard InChI is InChI=1S/C26H29N3O4/c1-18(31)26-27-12-13-29(26)24(15-30)11-4-19-2-5-20(6-3-19)21-7-9-23(10-8-21)28-14-22-16-33-17-25(22)32/h2-3,5-10,12-13,18,22,24-25,28,30-32H,14-17H2,1H3/t18-,22?,24-,25+/m0/s1. The van der Waals surface area contributed by atoms with Crippen molar-refractivity contribution in [1.82, 2.24) is 9.55 Å². The number of ether oxygens (including phenoxy) is 1. The van der Waals surface area contributed by atoms with Crippen LogP contribution in [0.25, 0.3) is 11.1 Å². The zero-order valence-corrected chi connectivity index (χ0v) is 18.6. The minimum atomic E-state index is -0.736. The van der Waals surface area contributed by atoms with E-state index in [1.165, 1.54) is 0 Å². The van der Waals surface area contributed by atoms with Crippen molar-refractivity contribution in [3.8, 4) is 23.0 Å². The largest absolute Gasteiger partial charge is 0.393 e. The number of benzene rings is 2. The van der Waals surface area contributed by atoms with Crippen molar-refractivity contribution in [3.05, 3.63) is 72.3 Å². The smallest absolute Gasteiger partial charge is 0.138 e. The summed E-state index contributed by atoms with van der Waals surface area (Å²) in [5.74, 6) is 6.77. The molecule has 0 amide bonds. The summed E-state index contributed by atoms with van der Waals surface area (Å²) in [5.41, 5.74) is 4.02. The highest BCUT2D eigenvalue weighted by molar-refractivity contribution is 5.66. The van der Waals surface area contributed by atoms with Gasteiger partial charge in [0, 0.05) is 36.1 Å². The lowest BCUT2D eigenvalue weighted by molar-refractivity contribution is 0.120. The molecule has 1 aromatic heterocycles. The molecule has 1 aliphatic rings. The molecule has 1 fully saturated rings. The van der Waals surface area contributed by atoms with Crippen LogP contribution < -0.4 is 5.32 Å². The minimum Gasteiger partial charge on any atom is -0.393 e. The molecule has 0 radical (unpaired) electrons. The fraction of sp³-hybridized carbons (Fsp3) is 0.346. The van der Waals surface area contributed by atoms with E-state index in [4.69, 9.17) is 4.74 Å². The summed E-state index contributed by atoms with van der Waals surface area (Å²) in [5, 5.41) is 32.8. The first kappa shape index (κ1) is 23.0. The number of hydrogen-bond acceptors (Lipinski definition) is 6. The Hall–Kier alpha value is -3.15. The van der Waals surface area contributed by atoms with Crippen LogP contribution in [0.5, 0.6) is 0 Å². The number of nitrogens with zero attached hydrogens (tertiary/aromatic N) is 2. The minimum absolute atomic E-state index is 0.121. The molecule has 1 saturated heterocycles. The van der Waals surface area contributed by atoms with Gasteiger partial charge in [0.25, 0.3) is 0 Å². The maximum atomic E-state index is 9.85. The molecule has 3 aromatic rings. The maximum absolute atomic E-state index is 9.85. The molecule has 1 unspecified atom stereocenters. The summed E-state index contributed by atoms with van der Waals surface area (Å²) in [6.07, 6.45) is 2.17. The van der Waals surface area contributed by atoms with Crippen molar-refractivity contribution in [1.29, 1.82) is 0 Å². The van der Waals surface area contributed by atoms with Crippen LogP contribution in [0.2, 0.25) is 0 Å². The SMILES string of the molecule is C[C@H](O)c1nccn1[C@@H](C#Cc1ccc(-c2ccc(NCC3COC[C@H]3O)cc2)cc1)CO. The molecule has 0 saturated carbocycles. The molecule has 2 heterocycles. The first-order valence-corrected chi connectivity index (χ1v) is 11.1. The molecule has 4 N–H and O–H groups in total. The Kier molecular flexibility index (Phi) is 7.43. The van der Waals surface area contributed by atoms with E-state index in [-0.39, 0.29) is 12.5 Å². The Morgan fingerprint density at radius 1 is 1.12 bits per heavy atom. The van der Waals surface area contributed by atoms with Gasteiger partial charge in [0.05, 0.1) is 25.9 Å². The summed E-state index contributed by atoms with van der Waals surface area (Å²) >= 11 is 0. The van der Waals surface area contributed by atoms with Crippen LogP contribution >= 0.6 is 0 Å². The Morgan fingerprint density at radius 2 is 1.82 bits per heavy atom. The van der Waals surface area contributed by atoms with Crippen LogP contribution in [0, 0.1) is 17.8 Å². The quantitative estimate of drug-likeness (QED) is 0.416. The molecular formula is C26H29N3O4. The highest BCUT2D eigenvalue weighted by Crippen LogP contribution is 2.23. The average molecular weight is 448 g/mol. The van der Waals surface area contributed by atoms with Crippen molar-refractivity contribution < 1.29 is 20.1 Å².